The monoisotopic (exact) mass is 346 g/mol. The summed E-state index contributed by atoms with van der Waals surface area (Å²) in [5.41, 5.74) is 1.30. The molecule has 0 radical (unpaired) electrons. The molecule has 1 aromatic carbocycles. The first kappa shape index (κ1) is 19.0. The smallest absolute Gasteiger partial charge is 0.326 e. The van der Waals surface area contributed by atoms with E-state index in [0.717, 1.165) is 12.8 Å². The lowest BCUT2D eigenvalue weighted by Crippen LogP contribution is -2.47. The second-order valence-corrected chi connectivity index (χ2v) is 6.73. The van der Waals surface area contributed by atoms with E-state index in [1.807, 2.05) is 18.2 Å². The Balaban J connectivity index is 1.87. The van der Waals surface area contributed by atoms with Gasteiger partial charge in [-0.05, 0) is 37.2 Å². The number of benzene rings is 1. The normalized spacial score (nSPS) is 20.2. The van der Waals surface area contributed by atoms with Crippen molar-refractivity contribution in [3.63, 3.8) is 0 Å². The number of aliphatic carboxylic acids is 1. The van der Waals surface area contributed by atoms with Gasteiger partial charge in [-0.3, -0.25) is 9.59 Å². The fraction of sp³-hybridized carbons (Fsp3) is 0.526. The molecule has 2 amide bonds. The number of nitrogens with zero attached hydrogens (tertiary/aromatic N) is 1. The number of rotatable bonds is 8. The molecule has 0 aromatic heterocycles. The Labute approximate surface area is 148 Å². The molecule has 6 heteroatoms. The zero-order chi connectivity index (χ0) is 18.4. The minimum absolute atomic E-state index is 0.156. The number of nitrogens with one attached hydrogen (secondary N) is 1. The average Bonchev–Trinajstić information content (AvgIpc) is 2.54. The Kier molecular flexibility index (Phi) is 6.56. The van der Waals surface area contributed by atoms with Gasteiger partial charge in [0.2, 0.25) is 11.8 Å². The van der Waals surface area contributed by atoms with Crippen molar-refractivity contribution in [2.45, 2.75) is 45.1 Å². The third kappa shape index (κ3) is 5.31. The van der Waals surface area contributed by atoms with Crippen LogP contribution in [0.3, 0.4) is 0 Å². The summed E-state index contributed by atoms with van der Waals surface area (Å²) in [6.45, 7) is 3.36. The summed E-state index contributed by atoms with van der Waals surface area (Å²) < 4.78 is 0. The van der Waals surface area contributed by atoms with Crippen molar-refractivity contribution in [1.29, 1.82) is 0 Å². The average molecular weight is 346 g/mol. The molecule has 0 bridgehead atoms. The number of hydrogen-bond donors (Lipinski definition) is 2. The second kappa shape index (κ2) is 8.65. The first-order valence-electron chi connectivity index (χ1n) is 8.70. The van der Waals surface area contributed by atoms with Crippen LogP contribution in [0, 0.1) is 5.92 Å². The topological polar surface area (TPSA) is 86.7 Å². The zero-order valence-corrected chi connectivity index (χ0v) is 14.8. The Morgan fingerprint density at radius 3 is 2.44 bits per heavy atom. The lowest BCUT2D eigenvalue weighted by molar-refractivity contribution is -0.150. The summed E-state index contributed by atoms with van der Waals surface area (Å²) in [6, 6.07) is 9.34. The lowest BCUT2D eigenvalue weighted by Gasteiger charge is -2.37. The molecule has 0 heterocycles. The van der Waals surface area contributed by atoms with Gasteiger partial charge in [0.25, 0.3) is 0 Å². The van der Waals surface area contributed by atoms with Gasteiger partial charge >= 0.3 is 5.97 Å². The van der Waals surface area contributed by atoms with Crippen LogP contribution < -0.4 is 5.32 Å². The SMILES string of the molecule is CC(=O)NCCN(C(=O)CC1CC(c2ccccc2)C1)C(C)C(=O)O. The van der Waals surface area contributed by atoms with Crippen molar-refractivity contribution in [2.24, 2.45) is 5.92 Å². The number of carboxylic acids is 1. The molecular weight excluding hydrogens is 320 g/mol. The van der Waals surface area contributed by atoms with Crippen LogP contribution in [-0.4, -0.2) is 46.9 Å². The molecule has 6 nitrogen and oxygen atoms in total. The van der Waals surface area contributed by atoms with E-state index in [1.54, 1.807) is 0 Å². The predicted molar refractivity (Wildman–Crippen MR) is 94.0 cm³/mol. The highest BCUT2D eigenvalue weighted by Crippen LogP contribution is 2.43. The maximum absolute atomic E-state index is 12.6. The van der Waals surface area contributed by atoms with Crippen LogP contribution in [0.15, 0.2) is 30.3 Å². The fourth-order valence-corrected chi connectivity index (χ4v) is 3.28. The molecule has 0 saturated heterocycles. The summed E-state index contributed by atoms with van der Waals surface area (Å²) in [5.74, 6) is -0.602. The maximum atomic E-state index is 12.6. The van der Waals surface area contributed by atoms with E-state index >= 15 is 0 Å². The molecule has 1 unspecified atom stereocenters. The van der Waals surface area contributed by atoms with Gasteiger partial charge in [0.1, 0.15) is 6.04 Å². The van der Waals surface area contributed by atoms with Crippen molar-refractivity contribution in [1.82, 2.24) is 10.2 Å². The third-order valence-corrected chi connectivity index (χ3v) is 4.84. The molecule has 1 atom stereocenters. The zero-order valence-electron chi connectivity index (χ0n) is 14.8. The number of hydrogen-bond acceptors (Lipinski definition) is 3. The van der Waals surface area contributed by atoms with Gasteiger partial charge in [0.05, 0.1) is 0 Å². The number of carboxylic acid groups (broad SMARTS) is 1. The molecule has 0 aliphatic heterocycles. The van der Waals surface area contributed by atoms with Crippen molar-refractivity contribution >= 4 is 17.8 Å². The van der Waals surface area contributed by atoms with E-state index in [1.165, 1.54) is 24.3 Å². The molecule has 2 N–H and O–H groups in total. The number of amides is 2. The van der Waals surface area contributed by atoms with E-state index in [2.05, 4.69) is 17.4 Å². The molecule has 1 fully saturated rings. The first-order valence-corrected chi connectivity index (χ1v) is 8.70. The Bertz CT molecular complexity index is 611. The lowest BCUT2D eigenvalue weighted by atomic mass is 9.70. The Hall–Kier alpha value is -2.37. The highest BCUT2D eigenvalue weighted by atomic mass is 16.4. The highest BCUT2D eigenvalue weighted by molar-refractivity contribution is 5.83. The van der Waals surface area contributed by atoms with E-state index in [4.69, 9.17) is 0 Å². The Morgan fingerprint density at radius 1 is 1.24 bits per heavy atom. The molecule has 2 rings (SSSR count). The fourth-order valence-electron chi connectivity index (χ4n) is 3.28. The number of carbonyl (C=O) groups excluding carboxylic acids is 2. The number of carbonyl (C=O) groups is 3. The molecule has 1 aliphatic carbocycles. The minimum Gasteiger partial charge on any atom is -0.480 e. The van der Waals surface area contributed by atoms with E-state index < -0.39 is 12.0 Å². The van der Waals surface area contributed by atoms with Crippen molar-refractivity contribution < 1.29 is 19.5 Å². The van der Waals surface area contributed by atoms with Gasteiger partial charge < -0.3 is 15.3 Å². The van der Waals surface area contributed by atoms with Crippen LogP contribution in [0.25, 0.3) is 0 Å². The maximum Gasteiger partial charge on any atom is 0.326 e. The standard InChI is InChI=1S/C19H26N2O4/c1-13(19(24)25)21(9-8-20-14(2)22)18(23)12-15-10-17(11-15)16-6-4-3-5-7-16/h3-7,13,15,17H,8-12H2,1-2H3,(H,20,22)(H,24,25). The van der Waals surface area contributed by atoms with Gasteiger partial charge in [0, 0.05) is 26.4 Å². The molecule has 1 aliphatic rings. The quantitative estimate of drug-likeness (QED) is 0.754. The van der Waals surface area contributed by atoms with Gasteiger partial charge in [-0.15, -0.1) is 0 Å². The molecule has 1 aromatic rings. The molecule has 25 heavy (non-hydrogen) atoms. The highest BCUT2D eigenvalue weighted by Gasteiger charge is 2.34. The molecule has 1 saturated carbocycles. The van der Waals surface area contributed by atoms with Crippen molar-refractivity contribution in [3.05, 3.63) is 35.9 Å². The van der Waals surface area contributed by atoms with Crippen molar-refractivity contribution in [2.75, 3.05) is 13.1 Å². The summed E-state index contributed by atoms with van der Waals surface area (Å²) >= 11 is 0. The summed E-state index contributed by atoms with van der Waals surface area (Å²) in [6.07, 6.45) is 2.27. The van der Waals surface area contributed by atoms with E-state index in [9.17, 15) is 19.5 Å². The second-order valence-electron chi connectivity index (χ2n) is 6.73. The summed E-state index contributed by atoms with van der Waals surface area (Å²) in [4.78, 5) is 36.2. The minimum atomic E-state index is -1.04. The van der Waals surface area contributed by atoms with Gasteiger partial charge in [-0.2, -0.15) is 0 Å². The van der Waals surface area contributed by atoms with E-state index in [-0.39, 0.29) is 24.9 Å². The summed E-state index contributed by atoms with van der Waals surface area (Å²) in [5, 5.41) is 11.8. The van der Waals surface area contributed by atoms with Crippen molar-refractivity contribution in [3.8, 4) is 0 Å². The van der Waals surface area contributed by atoms with Crippen LogP contribution in [0.1, 0.15) is 44.6 Å². The van der Waals surface area contributed by atoms with Crippen LogP contribution in [-0.2, 0) is 14.4 Å². The first-order chi connectivity index (χ1) is 11.9. The summed E-state index contributed by atoms with van der Waals surface area (Å²) in [7, 11) is 0. The predicted octanol–water partition coefficient (Wildman–Crippen LogP) is 2.01. The van der Waals surface area contributed by atoms with Gasteiger partial charge in [-0.25, -0.2) is 4.79 Å². The van der Waals surface area contributed by atoms with Gasteiger partial charge in [-0.1, -0.05) is 30.3 Å². The molecular formula is C19H26N2O4. The molecule has 0 spiro atoms. The third-order valence-electron chi connectivity index (χ3n) is 4.84. The molecule has 136 valence electrons. The van der Waals surface area contributed by atoms with Gasteiger partial charge in [0.15, 0.2) is 0 Å². The largest absolute Gasteiger partial charge is 0.480 e. The van der Waals surface area contributed by atoms with Crippen LogP contribution in [0.5, 0.6) is 0 Å². The van der Waals surface area contributed by atoms with Crippen LogP contribution in [0.4, 0.5) is 0 Å². The van der Waals surface area contributed by atoms with Crippen LogP contribution >= 0.6 is 0 Å². The van der Waals surface area contributed by atoms with Crippen LogP contribution in [0.2, 0.25) is 0 Å². The van der Waals surface area contributed by atoms with E-state index in [0.29, 0.717) is 18.3 Å². The Morgan fingerprint density at radius 2 is 1.88 bits per heavy atom.